The van der Waals surface area contributed by atoms with Gasteiger partial charge in [-0.15, -0.1) is 0 Å². The summed E-state index contributed by atoms with van der Waals surface area (Å²) in [4.78, 5) is 17.2. The minimum absolute atomic E-state index is 0.175. The molecule has 5 nitrogen and oxygen atoms in total. The summed E-state index contributed by atoms with van der Waals surface area (Å²) in [5.41, 5.74) is 4.93. The van der Waals surface area contributed by atoms with E-state index in [0.29, 0.717) is 17.8 Å². The summed E-state index contributed by atoms with van der Waals surface area (Å²) < 4.78 is 1.75. The quantitative estimate of drug-likeness (QED) is 0.575. The SMILES string of the molecule is Cc1ccccc1-c1nn(-c2ccccc2)cc1C(=O)NCc1ccccn1. The summed E-state index contributed by atoms with van der Waals surface area (Å²) >= 11 is 0. The highest BCUT2D eigenvalue weighted by molar-refractivity contribution is 6.00. The lowest BCUT2D eigenvalue weighted by atomic mass is 10.0. The Morgan fingerprint density at radius 1 is 0.964 bits per heavy atom. The van der Waals surface area contributed by atoms with Crippen molar-refractivity contribution in [2.45, 2.75) is 13.5 Å². The summed E-state index contributed by atoms with van der Waals surface area (Å²) in [6.45, 7) is 2.38. The predicted molar refractivity (Wildman–Crippen MR) is 109 cm³/mol. The number of aromatic nitrogens is 3. The fraction of sp³-hybridized carbons (Fsp3) is 0.0870. The van der Waals surface area contributed by atoms with Crippen LogP contribution in [-0.4, -0.2) is 20.7 Å². The molecule has 1 N–H and O–H groups in total. The number of aryl methyl sites for hydroxylation is 1. The van der Waals surface area contributed by atoms with E-state index in [-0.39, 0.29) is 5.91 Å². The molecule has 4 aromatic rings. The van der Waals surface area contributed by atoms with Gasteiger partial charge in [0.2, 0.25) is 0 Å². The van der Waals surface area contributed by atoms with Gasteiger partial charge in [-0.1, -0.05) is 48.5 Å². The first-order valence-corrected chi connectivity index (χ1v) is 9.11. The smallest absolute Gasteiger partial charge is 0.255 e. The zero-order chi connectivity index (χ0) is 19.3. The Kier molecular flexibility index (Phi) is 4.97. The number of amides is 1. The molecule has 28 heavy (non-hydrogen) atoms. The van der Waals surface area contributed by atoms with Crippen LogP contribution in [0.5, 0.6) is 0 Å². The van der Waals surface area contributed by atoms with Crippen molar-refractivity contribution in [2.24, 2.45) is 0 Å². The van der Waals surface area contributed by atoms with Gasteiger partial charge in [-0.05, 0) is 36.8 Å². The second-order valence-electron chi connectivity index (χ2n) is 6.49. The van der Waals surface area contributed by atoms with E-state index in [0.717, 1.165) is 22.5 Å². The maximum absolute atomic E-state index is 13.0. The highest BCUT2D eigenvalue weighted by Crippen LogP contribution is 2.26. The molecule has 0 fully saturated rings. The maximum atomic E-state index is 13.0. The van der Waals surface area contributed by atoms with Crippen molar-refractivity contribution in [3.8, 4) is 16.9 Å². The van der Waals surface area contributed by atoms with Crippen molar-refractivity contribution >= 4 is 5.91 Å². The minimum Gasteiger partial charge on any atom is -0.346 e. The third kappa shape index (κ3) is 3.69. The number of rotatable bonds is 5. The lowest BCUT2D eigenvalue weighted by molar-refractivity contribution is 0.0951. The molecule has 138 valence electrons. The molecular weight excluding hydrogens is 348 g/mol. The third-order valence-corrected chi connectivity index (χ3v) is 4.54. The molecule has 5 heteroatoms. The molecule has 0 spiro atoms. The van der Waals surface area contributed by atoms with Crippen LogP contribution in [0.3, 0.4) is 0 Å². The molecule has 2 aromatic heterocycles. The summed E-state index contributed by atoms with van der Waals surface area (Å²) in [5, 5.41) is 7.68. The Balaban J connectivity index is 1.71. The fourth-order valence-corrected chi connectivity index (χ4v) is 3.06. The fourth-order valence-electron chi connectivity index (χ4n) is 3.06. The van der Waals surface area contributed by atoms with Crippen LogP contribution >= 0.6 is 0 Å². The first-order valence-electron chi connectivity index (χ1n) is 9.11. The largest absolute Gasteiger partial charge is 0.346 e. The number of pyridine rings is 1. The van der Waals surface area contributed by atoms with E-state index in [1.54, 1.807) is 17.1 Å². The second-order valence-corrected chi connectivity index (χ2v) is 6.49. The van der Waals surface area contributed by atoms with Gasteiger partial charge in [0, 0.05) is 18.0 Å². The number of hydrogen-bond donors (Lipinski definition) is 1. The average Bonchev–Trinajstić information content (AvgIpc) is 3.19. The van der Waals surface area contributed by atoms with Crippen LogP contribution in [0, 0.1) is 6.92 Å². The molecule has 0 saturated heterocycles. The number of carbonyl (C=O) groups is 1. The molecule has 0 atom stereocenters. The molecule has 0 aliphatic heterocycles. The van der Waals surface area contributed by atoms with E-state index in [1.807, 2.05) is 79.7 Å². The van der Waals surface area contributed by atoms with E-state index in [1.165, 1.54) is 0 Å². The van der Waals surface area contributed by atoms with Crippen LogP contribution in [0.15, 0.2) is 85.2 Å². The Morgan fingerprint density at radius 2 is 1.71 bits per heavy atom. The summed E-state index contributed by atoms with van der Waals surface area (Å²) in [7, 11) is 0. The number of carbonyl (C=O) groups excluding carboxylic acids is 1. The van der Waals surface area contributed by atoms with Crippen molar-refractivity contribution in [3.05, 3.63) is 102 Å². The summed E-state index contributed by atoms with van der Waals surface area (Å²) in [5.74, 6) is -0.175. The molecule has 0 aliphatic carbocycles. The van der Waals surface area contributed by atoms with Gasteiger partial charge in [0.25, 0.3) is 5.91 Å². The van der Waals surface area contributed by atoms with Gasteiger partial charge in [-0.3, -0.25) is 9.78 Å². The van der Waals surface area contributed by atoms with Crippen LogP contribution in [0.2, 0.25) is 0 Å². The first-order chi connectivity index (χ1) is 13.7. The van der Waals surface area contributed by atoms with Crippen LogP contribution in [-0.2, 0) is 6.54 Å². The van der Waals surface area contributed by atoms with Gasteiger partial charge >= 0.3 is 0 Å². The number of para-hydroxylation sites is 1. The maximum Gasteiger partial charge on any atom is 0.255 e. The van der Waals surface area contributed by atoms with Crippen LogP contribution in [0.4, 0.5) is 0 Å². The Labute approximate surface area is 163 Å². The molecule has 0 aliphatic rings. The summed E-state index contributed by atoms with van der Waals surface area (Å²) in [6, 6.07) is 23.4. The number of nitrogens with one attached hydrogen (secondary N) is 1. The minimum atomic E-state index is -0.175. The van der Waals surface area contributed by atoms with E-state index in [4.69, 9.17) is 5.10 Å². The van der Waals surface area contributed by atoms with E-state index in [9.17, 15) is 4.79 Å². The molecule has 1 amide bonds. The first kappa shape index (κ1) is 17.7. The molecule has 0 unspecified atom stereocenters. The van der Waals surface area contributed by atoms with Crippen LogP contribution in [0.25, 0.3) is 16.9 Å². The Hall–Kier alpha value is -3.73. The Morgan fingerprint density at radius 3 is 2.46 bits per heavy atom. The van der Waals surface area contributed by atoms with E-state index in [2.05, 4.69) is 10.3 Å². The zero-order valence-electron chi connectivity index (χ0n) is 15.5. The topological polar surface area (TPSA) is 59.8 Å². The van der Waals surface area contributed by atoms with Crippen molar-refractivity contribution < 1.29 is 4.79 Å². The molecule has 4 rings (SSSR count). The van der Waals surface area contributed by atoms with E-state index < -0.39 is 0 Å². The van der Waals surface area contributed by atoms with Crippen molar-refractivity contribution in [3.63, 3.8) is 0 Å². The standard InChI is InChI=1S/C23H20N4O/c1-17-9-5-6-13-20(17)22-21(16-27(26-22)19-11-3-2-4-12-19)23(28)25-15-18-10-7-8-14-24-18/h2-14,16H,15H2,1H3,(H,25,28). The number of nitrogens with zero attached hydrogens (tertiary/aromatic N) is 3. The van der Waals surface area contributed by atoms with Gasteiger partial charge in [0.05, 0.1) is 23.5 Å². The molecular formula is C23H20N4O. The van der Waals surface area contributed by atoms with Crippen LogP contribution < -0.4 is 5.32 Å². The third-order valence-electron chi connectivity index (χ3n) is 4.54. The van der Waals surface area contributed by atoms with Gasteiger partial charge in [0.1, 0.15) is 5.69 Å². The van der Waals surface area contributed by atoms with Gasteiger partial charge in [-0.25, -0.2) is 4.68 Å². The highest BCUT2D eigenvalue weighted by atomic mass is 16.1. The van der Waals surface area contributed by atoms with Gasteiger partial charge in [0.15, 0.2) is 0 Å². The number of benzene rings is 2. The predicted octanol–water partition coefficient (Wildman–Crippen LogP) is 4.17. The summed E-state index contributed by atoms with van der Waals surface area (Å²) in [6.07, 6.45) is 3.50. The zero-order valence-corrected chi connectivity index (χ0v) is 15.5. The van der Waals surface area contributed by atoms with Crippen LogP contribution in [0.1, 0.15) is 21.6 Å². The molecule has 2 aromatic carbocycles. The molecule has 0 radical (unpaired) electrons. The van der Waals surface area contributed by atoms with E-state index >= 15 is 0 Å². The lowest BCUT2D eigenvalue weighted by Crippen LogP contribution is -2.23. The molecule has 0 bridgehead atoms. The molecule has 2 heterocycles. The normalized spacial score (nSPS) is 10.6. The highest BCUT2D eigenvalue weighted by Gasteiger charge is 2.19. The second kappa shape index (κ2) is 7.88. The van der Waals surface area contributed by atoms with Crippen molar-refractivity contribution in [1.82, 2.24) is 20.1 Å². The monoisotopic (exact) mass is 368 g/mol. The Bertz CT molecular complexity index is 1090. The van der Waals surface area contributed by atoms with Gasteiger partial charge < -0.3 is 5.32 Å². The number of hydrogen-bond acceptors (Lipinski definition) is 3. The molecule has 0 saturated carbocycles. The average molecular weight is 368 g/mol. The van der Waals surface area contributed by atoms with Crippen molar-refractivity contribution in [1.29, 1.82) is 0 Å². The van der Waals surface area contributed by atoms with Crippen molar-refractivity contribution in [2.75, 3.05) is 0 Å². The lowest BCUT2D eigenvalue weighted by Gasteiger charge is -2.07. The van der Waals surface area contributed by atoms with Gasteiger partial charge in [-0.2, -0.15) is 5.10 Å².